The first-order chi connectivity index (χ1) is 15.7. The minimum atomic E-state index is -3.82. The number of amides is 1. The minimum Gasteiger partial charge on any atom is -0.435 e. The van der Waals surface area contributed by atoms with Gasteiger partial charge in [0.05, 0.1) is 4.90 Å². The Balaban J connectivity index is 1.60. The van der Waals surface area contributed by atoms with Crippen LogP contribution in [0.1, 0.15) is 27.0 Å². The van der Waals surface area contributed by atoms with Gasteiger partial charge in [-0.2, -0.15) is 8.78 Å². The summed E-state index contributed by atoms with van der Waals surface area (Å²) in [5.74, 6) is -0.348. The third-order valence-corrected chi connectivity index (χ3v) is 6.44. The maximum Gasteiger partial charge on any atom is 0.387 e. The van der Waals surface area contributed by atoms with E-state index in [1.165, 1.54) is 18.2 Å². The lowest BCUT2D eigenvalue weighted by molar-refractivity contribution is -0.0498. The Kier molecular flexibility index (Phi) is 8.13. The lowest BCUT2D eigenvalue weighted by Crippen LogP contribution is -2.27. The second kappa shape index (κ2) is 11.0. The van der Waals surface area contributed by atoms with E-state index in [-0.39, 0.29) is 29.3 Å². The molecule has 3 aromatic carbocycles. The fourth-order valence-corrected chi connectivity index (χ4v) is 4.43. The largest absolute Gasteiger partial charge is 0.435 e. The Morgan fingerprint density at radius 3 is 2.33 bits per heavy atom. The zero-order valence-electron chi connectivity index (χ0n) is 17.9. The summed E-state index contributed by atoms with van der Waals surface area (Å²) >= 11 is 0. The number of hydrogen-bond acceptors (Lipinski definition) is 4. The van der Waals surface area contributed by atoms with Crippen molar-refractivity contribution in [1.82, 2.24) is 10.0 Å². The van der Waals surface area contributed by atoms with Crippen LogP contribution in [0.5, 0.6) is 5.75 Å². The van der Waals surface area contributed by atoms with E-state index >= 15 is 0 Å². The van der Waals surface area contributed by atoms with Crippen LogP contribution in [0, 0.1) is 6.92 Å². The molecule has 0 radical (unpaired) electrons. The van der Waals surface area contributed by atoms with Gasteiger partial charge in [0, 0.05) is 18.7 Å². The quantitative estimate of drug-likeness (QED) is 0.464. The molecule has 0 fully saturated rings. The first-order valence-corrected chi connectivity index (χ1v) is 11.7. The molecule has 174 valence electrons. The van der Waals surface area contributed by atoms with Crippen LogP contribution in [-0.2, 0) is 23.0 Å². The van der Waals surface area contributed by atoms with Crippen molar-refractivity contribution in [1.29, 1.82) is 0 Å². The molecule has 0 spiro atoms. The highest BCUT2D eigenvalue weighted by Crippen LogP contribution is 2.18. The number of ether oxygens (including phenoxy) is 1. The van der Waals surface area contributed by atoms with Crippen LogP contribution in [0.15, 0.2) is 77.7 Å². The molecule has 0 aliphatic carbocycles. The van der Waals surface area contributed by atoms with Crippen molar-refractivity contribution in [2.45, 2.75) is 31.4 Å². The van der Waals surface area contributed by atoms with Crippen molar-refractivity contribution in [3.63, 3.8) is 0 Å². The Hall–Kier alpha value is -3.30. The van der Waals surface area contributed by atoms with Gasteiger partial charge in [-0.15, -0.1) is 0 Å². The zero-order chi connectivity index (χ0) is 23.8. The average Bonchev–Trinajstić information content (AvgIpc) is 2.79. The molecule has 0 saturated heterocycles. The Morgan fingerprint density at radius 1 is 0.970 bits per heavy atom. The standard InChI is InChI=1S/C24H24F2N2O4S/c1-17-7-10-20(15-22(17)33(30,31)28-16-19-5-3-2-4-6-19)23(29)27-14-13-18-8-11-21(12-9-18)32-24(25)26/h2-12,15,24,28H,13-14,16H2,1H3,(H,27,29). The van der Waals surface area contributed by atoms with Crippen LogP contribution in [0.2, 0.25) is 0 Å². The van der Waals surface area contributed by atoms with E-state index in [9.17, 15) is 22.0 Å². The Morgan fingerprint density at radius 2 is 1.67 bits per heavy atom. The van der Waals surface area contributed by atoms with E-state index in [2.05, 4.69) is 14.8 Å². The number of aryl methyl sites for hydroxylation is 1. The normalized spacial score (nSPS) is 11.4. The van der Waals surface area contributed by atoms with E-state index in [4.69, 9.17) is 0 Å². The van der Waals surface area contributed by atoms with E-state index in [0.29, 0.717) is 12.0 Å². The topological polar surface area (TPSA) is 84.5 Å². The molecule has 0 aromatic heterocycles. The molecule has 6 nitrogen and oxygen atoms in total. The lowest BCUT2D eigenvalue weighted by atomic mass is 10.1. The van der Waals surface area contributed by atoms with Crippen molar-refractivity contribution in [3.05, 3.63) is 95.1 Å². The monoisotopic (exact) mass is 474 g/mol. The number of rotatable bonds is 10. The highest BCUT2D eigenvalue weighted by Gasteiger charge is 2.19. The van der Waals surface area contributed by atoms with Gasteiger partial charge < -0.3 is 10.1 Å². The van der Waals surface area contributed by atoms with Crippen LogP contribution in [0.3, 0.4) is 0 Å². The minimum absolute atomic E-state index is 0.0423. The van der Waals surface area contributed by atoms with Gasteiger partial charge in [0.1, 0.15) is 5.75 Å². The van der Waals surface area contributed by atoms with Gasteiger partial charge >= 0.3 is 6.61 Å². The van der Waals surface area contributed by atoms with Gasteiger partial charge in [-0.3, -0.25) is 4.79 Å². The molecular weight excluding hydrogens is 450 g/mol. The van der Waals surface area contributed by atoms with Gasteiger partial charge in [0.2, 0.25) is 10.0 Å². The molecule has 0 heterocycles. The zero-order valence-corrected chi connectivity index (χ0v) is 18.7. The highest BCUT2D eigenvalue weighted by molar-refractivity contribution is 7.89. The van der Waals surface area contributed by atoms with Gasteiger partial charge in [-0.25, -0.2) is 13.1 Å². The first kappa shape index (κ1) is 24.3. The first-order valence-electron chi connectivity index (χ1n) is 10.2. The number of carbonyl (C=O) groups excluding carboxylic acids is 1. The summed E-state index contributed by atoms with van der Waals surface area (Å²) in [6.07, 6.45) is 0.469. The van der Waals surface area contributed by atoms with Crippen molar-refractivity contribution in [3.8, 4) is 5.75 Å². The molecule has 0 unspecified atom stereocenters. The Labute approximate surface area is 191 Å². The SMILES string of the molecule is Cc1ccc(C(=O)NCCc2ccc(OC(F)F)cc2)cc1S(=O)(=O)NCc1ccccc1. The number of benzene rings is 3. The number of alkyl halides is 2. The number of carbonyl (C=O) groups is 1. The predicted octanol–water partition coefficient (Wildman–Crippen LogP) is 4.05. The molecule has 0 saturated carbocycles. The van der Waals surface area contributed by atoms with Crippen LogP contribution in [-0.4, -0.2) is 27.5 Å². The summed E-state index contributed by atoms with van der Waals surface area (Å²) in [6.45, 7) is -0.789. The lowest BCUT2D eigenvalue weighted by Gasteiger charge is -2.12. The number of sulfonamides is 1. The molecule has 2 N–H and O–H groups in total. The number of halogens is 2. The molecular formula is C24H24F2N2O4S. The summed E-state index contributed by atoms with van der Waals surface area (Å²) in [6, 6.07) is 19.8. The van der Waals surface area contributed by atoms with Crippen LogP contribution in [0.4, 0.5) is 8.78 Å². The maximum atomic E-state index is 12.8. The van der Waals surface area contributed by atoms with Crippen LogP contribution in [0.25, 0.3) is 0 Å². The predicted molar refractivity (Wildman–Crippen MR) is 121 cm³/mol. The summed E-state index contributed by atoms with van der Waals surface area (Å²) < 4.78 is 56.9. The van der Waals surface area contributed by atoms with Crippen molar-refractivity contribution in [2.75, 3.05) is 6.54 Å². The molecule has 0 atom stereocenters. The third kappa shape index (κ3) is 7.10. The molecule has 3 aromatic rings. The number of hydrogen-bond donors (Lipinski definition) is 2. The van der Waals surface area contributed by atoms with E-state index in [0.717, 1.165) is 11.1 Å². The molecule has 9 heteroatoms. The van der Waals surface area contributed by atoms with Crippen LogP contribution >= 0.6 is 0 Å². The molecule has 33 heavy (non-hydrogen) atoms. The van der Waals surface area contributed by atoms with E-state index in [1.54, 1.807) is 31.2 Å². The second-order valence-corrected chi connectivity index (χ2v) is 9.05. The third-order valence-electron chi connectivity index (χ3n) is 4.90. The van der Waals surface area contributed by atoms with E-state index in [1.807, 2.05) is 30.3 Å². The second-order valence-electron chi connectivity index (χ2n) is 7.32. The smallest absolute Gasteiger partial charge is 0.387 e. The molecule has 0 aliphatic heterocycles. The summed E-state index contributed by atoms with van der Waals surface area (Å²) in [5, 5.41) is 2.74. The van der Waals surface area contributed by atoms with Gasteiger partial charge in [0.15, 0.2) is 0 Å². The fraction of sp³-hybridized carbons (Fsp3) is 0.208. The highest BCUT2D eigenvalue weighted by atomic mass is 32.2. The van der Waals surface area contributed by atoms with Crippen molar-refractivity contribution in [2.24, 2.45) is 0 Å². The molecule has 1 amide bonds. The van der Waals surface area contributed by atoms with Gasteiger partial charge in [-0.05, 0) is 54.3 Å². The average molecular weight is 475 g/mol. The Bertz CT molecular complexity index is 1180. The van der Waals surface area contributed by atoms with Crippen LogP contribution < -0.4 is 14.8 Å². The molecule has 3 rings (SSSR count). The van der Waals surface area contributed by atoms with Gasteiger partial charge in [0.25, 0.3) is 5.91 Å². The summed E-state index contributed by atoms with van der Waals surface area (Å²) in [5.41, 5.74) is 2.40. The fourth-order valence-electron chi connectivity index (χ4n) is 3.14. The maximum absolute atomic E-state index is 12.8. The summed E-state index contributed by atoms with van der Waals surface area (Å²) in [7, 11) is -3.82. The molecule has 0 aliphatic rings. The van der Waals surface area contributed by atoms with Crippen molar-refractivity contribution < 1.29 is 26.7 Å². The van der Waals surface area contributed by atoms with E-state index < -0.39 is 22.5 Å². The molecule has 0 bridgehead atoms. The summed E-state index contributed by atoms with van der Waals surface area (Å²) in [4.78, 5) is 12.6. The van der Waals surface area contributed by atoms with Gasteiger partial charge in [-0.1, -0.05) is 48.5 Å². The number of nitrogens with one attached hydrogen (secondary N) is 2. The van der Waals surface area contributed by atoms with Crippen molar-refractivity contribution >= 4 is 15.9 Å².